The molecule has 0 bridgehead atoms. The molecule has 3 rings (SSSR count). The lowest BCUT2D eigenvalue weighted by molar-refractivity contribution is 0.0172. The Kier molecular flexibility index (Phi) is 5.58. The second kappa shape index (κ2) is 7.94. The molecule has 0 atom stereocenters. The molecule has 0 amide bonds. The van der Waals surface area contributed by atoms with Crippen molar-refractivity contribution < 1.29 is 13.6 Å². The number of halogens is 2. The topological polar surface area (TPSA) is 74.3 Å². The van der Waals surface area contributed by atoms with E-state index >= 15 is 0 Å². The van der Waals surface area contributed by atoms with Crippen molar-refractivity contribution in [2.45, 2.75) is 33.3 Å². The number of benzene rings is 2. The van der Waals surface area contributed by atoms with Crippen LogP contribution < -0.4 is 5.69 Å². The van der Waals surface area contributed by atoms with Gasteiger partial charge in [0.15, 0.2) is 0 Å². The Labute approximate surface area is 166 Å². The van der Waals surface area contributed by atoms with Gasteiger partial charge in [-0.3, -0.25) is 0 Å². The molecule has 0 aliphatic rings. The molecule has 0 aliphatic heterocycles. The van der Waals surface area contributed by atoms with Gasteiger partial charge < -0.3 is 4.84 Å². The average molecular weight is 401 g/mol. The van der Waals surface area contributed by atoms with Crippen molar-refractivity contribution >= 4 is 5.71 Å². The summed E-state index contributed by atoms with van der Waals surface area (Å²) in [5, 5.41) is 11.6. The fourth-order valence-electron chi connectivity index (χ4n) is 2.96. The van der Waals surface area contributed by atoms with E-state index in [2.05, 4.69) is 15.6 Å². The number of oxime groups is 1. The van der Waals surface area contributed by atoms with Crippen LogP contribution in [0, 0.1) is 6.92 Å². The highest BCUT2D eigenvalue weighted by molar-refractivity contribution is 5.99. The van der Waals surface area contributed by atoms with Crippen molar-refractivity contribution in [2.24, 2.45) is 12.2 Å². The molecule has 1 aromatic heterocycles. The number of hydrogen-bond acceptors (Lipinski definition) is 5. The molecule has 0 N–H and O–H groups in total. The third-order valence-corrected chi connectivity index (χ3v) is 4.54. The summed E-state index contributed by atoms with van der Waals surface area (Å²) in [5.41, 5.74) is 2.22. The van der Waals surface area contributed by atoms with E-state index in [1.807, 2.05) is 13.0 Å². The highest BCUT2D eigenvalue weighted by Crippen LogP contribution is 2.30. The van der Waals surface area contributed by atoms with Crippen molar-refractivity contribution in [3.05, 3.63) is 75.2 Å². The van der Waals surface area contributed by atoms with Crippen molar-refractivity contribution in [3.8, 4) is 5.69 Å². The van der Waals surface area contributed by atoms with Crippen molar-refractivity contribution in [1.82, 2.24) is 19.8 Å². The Morgan fingerprint density at radius 2 is 1.90 bits per heavy atom. The minimum atomic E-state index is -3.00. The molecule has 0 unspecified atom stereocenters. The molecular weight excluding hydrogens is 380 g/mol. The highest BCUT2D eigenvalue weighted by Gasteiger charge is 2.28. The Balaban J connectivity index is 1.89. The number of aryl methyl sites for hydroxylation is 2. The van der Waals surface area contributed by atoms with E-state index in [0.29, 0.717) is 22.5 Å². The Morgan fingerprint density at radius 3 is 2.55 bits per heavy atom. The molecule has 3 aromatic rings. The maximum Gasteiger partial charge on any atom is 0.368 e. The van der Waals surface area contributed by atoms with Gasteiger partial charge in [-0.1, -0.05) is 41.6 Å². The molecular formula is C20H21F2N5O2. The molecule has 2 aromatic carbocycles. The Bertz CT molecular complexity index is 1110. The number of nitrogens with zero attached hydrogens (tertiary/aromatic N) is 5. The molecule has 0 fully saturated rings. The van der Waals surface area contributed by atoms with E-state index in [1.54, 1.807) is 37.3 Å². The average Bonchev–Trinajstić information content (AvgIpc) is 3.01. The maximum absolute atomic E-state index is 13.9. The van der Waals surface area contributed by atoms with Crippen LogP contribution in [-0.2, 0) is 24.4 Å². The van der Waals surface area contributed by atoms with Gasteiger partial charge in [-0.15, -0.1) is 0 Å². The number of hydrogen-bond donors (Lipinski definition) is 0. The summed E-state index contributed by atoms with van der Waals surface area (Å²) in [7, 11) is 1.51. The van der Waals surface area contributed by atoms with Gasteiger partial charge in [-0.2, -0.15) is 9.36 Å². The van der Waals surface area contributed by atoms with Gasteiger partial charge in [0.05, 0.1) is 11.4 Å². The summed E-state index contributed by atoms with van der Waals surface area (Å²) in [5.74, 6) is -3.00. The van der Waals surface area contributed by atoms with E-state index in [-0.39, 0.29) is 12.2 Å². The third kappa shape index (κ3) is 4.23. The molecule has 7 nitrogen and oxygen atoms in total. The summed E-state index contributed by atoms with van der Waals surface area (Å²) in [4.78, 5) is 17.7. The van der Waals surface area contributed by atoms with Gasteiger partial charge in [0.25, 0.3) is 5.92 Å². The molecule has 1 heterocycles. The molecule has 0 aliphatic carbocycles. The van der Waals surface area contributed by atoms with Crippen LogP contribution in [0.3, 0.4) is 0 Å². The Morgan fingerprint density at radius 1 is 1.17 bits per heavy atom. The summed E-state index contributed by atoms with van der Waals surface area (Å²) in [6.45, 7) is 4.36. The van der Waals surface area contributed by atoms with Gasteiger partial charge in [0.1, 0.15) is 6.61 Å². The number of tetrazole rings is 1. The minimum Gasteiger partial charge on any atom is -0.391 e. The predicted octanol–water partition coefficient (Wildman–Crippen LogP) is 3.33. The summed E-state index contributed by atoms with van der Waals surface area (Å²) < 4.78 is 30.0. The second-order valence-corrected chi connectivity index (χ2v) is 6.75. The molecule has 29 heavy (non-hydrogen) atoms. The highest BCUT2D eigenvalue weighted by atomic mass is 19.3. The van der Waals surface area contributed by atoms with Crippen molar-refractivity contribution in [1.29, 1.82) is 0 Å². The lowest BCUT2D eigenvalue weighted by Crippen LogP contribution is -2.23. The van der Waals surface area contributed by atoms with E-state index in [1.165, 1.54) is 17.8 Å². The predicted molar refractivity (Wildman–Crippen MR) is 104 cm³/mol. The first-order valence-electron chi connectivity index (χ1n) is 8.92. The quantitative estimate of drug-likeness (QED) is 0.469. The summed E-state index contributed by atoms with van der Waals surface area (Å²) >= 11 is 0. The Hall–Kier alpha value is -3.36. The molecule has 152 valence electrons. The fraction of sp³-hybridized carbons (Fsp3) is 0.300. The largest absolute Gasteiger partial charge is 0.391 e. The first kappa shape index (κ1) is 20.4. The number of aromatic nitrogens is 4. The van der Waals surface area contributed by atoms with Crippen LogP contribution in [-0.4, -0.2) is 25.5 Å². The van der Waals surface area contributed by atoms with Gasteiger partial charge in [-0.25, -0.2) is 13.6 Å². The third-order valence-electron chi connectivity index (χ3n) is 4.54. The van der Waals surface area contributed by atoms with Crippen LogP contribution >= 0.6 is 0 Å². The molecule has 0 saturated carbocycles. The molecule has 0 spiro atoms. The smallest absolute Gasteiger partial charge is 0.368 e. The number of rotatable bonds is 6. The van der Waals surface area contributed by atoms with E-state index in [4.69, 9.17) is 4.84 Å². The van der Waals surface area contributed by atoms with Crippen molar-refractivity contribution in [3.63, 3.8) is 0 Å². The zero-order chi connectivity index (χ0) is 21.2. The second-order valence-electron chi connectivity index (χ2n) is 6.75. The minimum absolute atomic E-state index is 0.0348. The van der Waals surface area contributed by atoms with Gasteiger partial charge in [0, 0.05) is 30.7 Å². The summed E-state index contributed by atoms with van der Waals surface area (Å²) in [6.07, 6.45) is 0. The van der Waals surface area contributed by atoms with Gasteiger partial charge in [0.2, 0.25) is 0 Å². The normalized spacial score (nSPS) is 12.3. The zero-order valence-electron chi connectivity index (χ0n) is 16.6. The summed E-state index contributed by atoms with van der Waals surface area (Å²) in [6, 6.07) is 11.6. The first-order valence-corrected chi connectivity index (χ1v) is 8.92. The van der Waals surface area contributed by atoms with E-state index < -0.39 is 11.6 Å². The van der Waals surface area contributed by atoms with Crippen LogP contribution in [0.25, 0.3) is 5.69 Å². The SMILES string of the molecule is CC(=NOCc1c(C)cccc1-n1nnn(C)c1=O)c1ccccc1C(C)(F)F. The number of alkyl halides is 2. The van der Waals surface area contributed by atoms with E-state index in [0.717, 1.165) is 17.2 Å². The van der Waals surface area contributed by atoms with Crippen LogP contribution in [0.1, 0.15) is 36.1 Å². The van der Waals surface area contributed by atoms with Gasteiger partial charge in [-0.05, 0) is 35.9 Å². The van der Waals surface area contributed by atoms with Crippen LogP contribution in [0.2, 0.25) is 0 Å². The standard InChI is InChI=1S/C20H21F2N5O2/c1-13-8-7-11-18(27-19(28)26(4)24-25-27)16(13)12-29-23-14(2)15-9-5-6-10-17(15)20(3,21)22/h5-11H,12H2,1-4H3. The first-order chi connectivity index (χ1) is 13.7. The van der Waals surface area contributed by atoms with E-state index in [9.17, 15) is 13.6 Å². The molecule has 9 heteroatoms. The lowest BCUT2D eigenvalue weighted by Gasteiger charge is -2.15. The monoisotopic (exact) mass is 401 g/mol. The maximum atomic E-state index is 13.9. The van der Waals surface area contributed by atoms with Crippen LogP contribution in [0.15, 0.2) is 52.4 Å². The lowest BCUT2D eigenvalue weighted by atomic mass is 10.00. The van der Waals surface area contributed by atoms with Crippen LogP contribution in [0.5, 0.6) is 0 Å². The molecule has 0 radical (unpaired) electrons. The molecule has 0 saturated heterocycles. The fourth-order valence-corrected chi connectivity index (χ4v) is 2.96. The zero-order valence-corrected chi connectivity index (χ0v) is 16.6. The van der Waals surface area contributed by atoms with Gasteiger partial charge >= 0.3 is 5.69 Å². The van der Waals surface area contributed by atoms with Crippen LogP contribution in [0.4, 0.5) is 8.78 Å². The van der Waals surface area contributed by atoms with Crippen molar-refractivity contribution in [2.75, 3.05) is 0 Å².